The fraction of sp³-hybridized carbons (Fsp3) is 0.0833. The largest absolute Gasteiger partial charge is 0.481 e. The van der Waals surface area contributed by atoms with E-state index in [0.29, 0.717) is 5.69 Å². The van der Waals surface area contributed by atoms with Crippen LogP contribution in [0.2, 0.25) is 5.02 Å². The van der Waals surface area contributed by atoms with E-state index in [9.17, 15) is 14.0 Å². The van der Waals surface area contributed by atoms with Crippen molar-refractivity contribution in [2.75, 3.05) is 5.32 Å². The molecule has 0 saturated heterocycles. The third-order valence-electron chi connectivity index (χ3n) is 2.29. The van der Waals surface area contributed by atoms with E-state index in [1.54, 1.807) is 5.38 Å². The van der Waals surface area contributed by atoms with Crippen molar-refractivity contribution in [1.29, 1.82) is 0 Å². The number of benzene rings is 1. The Kier molecular flexibility index (Phi) is 4.31. The predicted molar refractivity (Wildman–Crippen MR) is 72.8 cm³/mol. The van der Waals surface area contributed by atoms with Crippen LogP contribution in [0.3, 0.4) is 0 Å². The summed E-state index contributed by atoms with van der Waals surface area (Å²) in [6, 6.07) is 3.59. The van der Waals surface area contributed by atoms with Crippen molar-refractivity contribution in [2.45, 2.75) is 6.42 Å². The van der Waals surface area contributed by atoms with Gasteiger partial charge in [-0.25, -0.2) is 9.37 Å². The average Bonchev–Trinajstić information content (AvgIpc) is 2.79. The Morgan fingerprint density at radius 3 is 2.85 bits per heavy atom. The molecule has 1 heterocycles. The van der Waals surface area contributed by atoms with Crippen LogP contribution in [0.25, 0.3) is 0 Å². The first-order chi connectivity index (χ1) is 9.45. The minimum Gasteiger partial charge on any atom is -0.481 e. The lowest BCUT2D eigenvalue weighted by Crippen LogP contribution is -2.12. The maximum Gasteiger partial charge on any atom is 0.309 e. The Labute approximate surface area is 122 Å². The van der Waals surface area contributed by atoms with E-state index in [1.807, 2.05) is 0 Å². The van der Waals surface area contributed by atoms with E-state index in [-0.39, 0.29) is 22.1 Å². The van der Waals surface area contributed by atoms with Gasteiger partial charge in [-0.2, -0.15) is 0 Å². The summed E-state index contributed by atoms with van der Waals surface area (Å²) >= 11 is 6.70. The van der Waals surface area contributed by atoms with Gasteiger partial charge in [0.25, 0.3) is 5.91 Å². The molecule has 0 radical (unpaired) electrons. The topological polar surface area (TPSA) is 79.3 Å². The van der Waals surface area contributed by atoms with Crippen LogP contribution in [0.5, 0.6) is 0 Å². The second kappa shape index (κ2) is 5.98. The number of carbonyl (C=O) groups is 2. The zero-order chi connectivity index (χ0) is 14.7. The van der Waals surface area contributed by atoms with Crippen LogP contribution < -0.4 is 5.32 Å². The number of carbonyl (C=O) groups excluding carboxylic acids is 1. The standard InChI is InChI=1S/C12H8ClFN2O3S/c13-8-3-6(1-2-9(8)14)11(19)16-12-15-7(5-20-12)4-10(17)18/h1-3,5H,4H2,(H,17,18)(H,15,16,19). The number of carboxylic acids is 1. The van der Waals surface area contributed by atoms with Gasteiger partial charge in [-0.1, -0.05) is 11.6 Å². The lowest BCUT2D eigenvalue weighted by molar-refractivity contribution is -0.136. The molecule has 20 heavy (non-hydrogen) atoms. The van der Waals surface area contributed by atoms with Gasteiger partial charge in [-0.15, -0.1) is 11.3 Å². The molecule has 2 aromatic rings. The highest BCUT2D eigenvalue weighted by Gasteiger charge is 2.12. The molecule has 1 aromatic carbocycles. The van der Waals surface area contributed by atoms with Gasteiger partial charge < -0.3 is 5.11 Å². The third kappa shape index (κ3) is 3.52. The summed E-state index contributed by atoms with van der Waals surface area (Å²) in [7, 11) is 0. The predicted octanol–water partition coefficient (Wildman–Crippen LogP) is 2.82. The highest BCUT2D eigenvalue weighted by Crippen LogP contribution is 2.19. The molecule has 2 rings (SSSR count). The first-order valence-corrected chi connectivity index (χ1v) is 6.64. The van der Waals surface area contributed by atoms with Crippen LogP contribution in [0, 0.1) is 5.82 Å². The number of carboxylic acid groups (broad SMARTS) is 1. The summed E-state index contributed by atoms with van der Waals surface area (Å²) in [4.78, 5) is 26.3. The van der Waals surface area contributed by atoms with Crippen molar-refractivity contribution in [2.24, 2.45) is 0 Å². The molecule has 0 spiro atoms. The summed E-state index contributed by atoms with van der Waals surface area (Å²) in [5, 5.41) is 12.8. The molecule has 0 aliphatic rings. The monoisotopic (exact) mass is 314 g/mol. The number of hydrogen-bond acceptors (Lipinski definition) is 4. The van der Waals surface area contributed by atoms with E-state index in [0.717, 1.165) is 17.4 Å². The van der Waals surface area contributed by atoms with Crippen molar-refractivity contribution in [3.63, 3.8) is 0 Å². The van der Waals surface area contributed by atoms with Crippen molar-refractivity contribution in [3.05, 3.63) is 45.7 Å². The molecule has 2 N–H and O–H groups in total. The SMILES string of the molecule is O=C(O)Cc1csc(NC(=O)c2ccc(F)c(Cl)c2)n1. The van der Waals surface area contributed by atoms with Crippen molar-refractivity contribution >= 4 is 39.9 Å². The molecule has 1 amide bonds. The van der Waals surface area contributed by atoms with Crippen LogP contribution in [-0.4, -0.2) is 22.0 Å². The molecule has 8 heteroatoms. The van der Waals surface area contributed by atoms with Gasteiger partial charge in [0, 0.05) is 10.9 Å². The van der Waals surface area contributed by atoms with Gasteiger partial charge in [0.1, 0.15) is 5.82 Å². The van der Waals surface area contributed by atoms with E-state index >= 15 is 0 Å². The first-order valence-electron chi connectivity index (χ1n) is 5.38. The van der Waals surface area contributed by atoms with E-state index in [4.69, 9.17) is 16.7 Å². The summed E-state index contributed by atoms with van der Waals surface area (Å²) in [6.45, 7) is 0. The van der Waals surface area contributed by atoms with Crippen LogP contribution in [0.4, 0.5) is 9.52 Å². The van der Waals surface area contributed by atoms with Crippen LogP contribution in [0.15, 0.2) is 23.6 Å². The molecule has 1 aromatic heterocycles. The Bertz CT molecular complexity index is 674. The van der Waals surface area contributed by atoms with E-state index in [1.165, 1.54) is 12.1 Å². The minimum atomic E-state index is -1.00. The number of rotatable bonds is 4. The number of thiazole rings is 1. The van der Waals surface area contributed by atoms with E-state index < -0.39 is 17.7 Å². The van der Waals surface area contributed by atoms with Crippen LogP contribution in [0.1, 0.15) is 16.1 Å². The normalized spacial score (nSPS) is 10.3. The molecule has 104 valence electrons. The number of halogens is 2. The van der Waals surface area contributed by atoms with E-state index in [2.05, 4.69) is 10.3 Å². The first kappa shape index (κ1) is 14.4. The zero-order valence-corrected chi connectivity index (χ0v) is 11.5. The van der Waals surface area contributed by atoms with Crippen molar-refractivity contribution in [3.8, 4) is 0 Å². The number of hydrogen-bond donors (Lipinski definition) is 2. The molecule has 0 atom stereocenters. The lowest BCUT2D eigenvalue weighted by Gasteiger charge is -2.02. The van der Waals surface area contributed by atoms with Gasteiger partial charge >= 0.3 is 5.97 Å². The quantitative estimate of drug-likeness (QED) is 0.909. The van der Waals surface area contributed by atoms with Crippen molar-refractivity contribution < 1.29 is 19.1 Å². The summed E-state index contributed by atoms with van der Waals surface area (Å²) in [5.74, 6) is -2.11. The average molecular weight is 315 g/mol. The Hall–Kier alpha value is -1.99. The minimum absolute atomic E-state index is 0.150. The van der Waals surface area contributed by atoms with Crippen molar-refractivity contribution in [1.82, 2.24) is 4.98 Å². The Morgan fingerprint density at radius 1 is 1.45 bits per heavy atom. The molecule has 5 nitrogen and oxygen atoms in total. The Balaban J connectivity index is 2.09. The van der Waals surface area contributed by atoms with Gasteiger partial charge in [-0.3, -0.25) is 14.9 Å². The zero-order valence-electron chi connectivity index (χ0n) is 9.89. The number of nitrogens with one attached hydrogen (secondary N) is 1. The number of anilines is 1. The molecule has 0 unspecified atom stereocenters. The highest BCUT2D eigenvalue weighted by atomic mass is 35.5. The summed E-state index contributed by atoms with van der Waals surface area (Å²) < 4.78 is 13.0. The molecule has 0 bridgehead atoms. The molecular formula is C12H8ClFN2O3S. The van der Waals surface area contributed by atoms with Gasteiger partial charge in [-0.05, 0) is 18.2 Å². The number of amides is 1. The maximum absolute atomic E-state index is 13.0. The van der Waals surface area contributed by atoms with Crippen LogP contribution >= 0.6 is 22.9 Å². The second-order valence-corrected chi connectivity index (χ2v) is 5.06. The smallest absolute Gasteiger partial charge is 0.309 e. The number of aromatic nitrogens is 1. The molecule has 0 fully saturated rings. The highest BCUT2D eigenvalue weighted by molar-refractivity contribution is 7.14. The van der Waals surface area contributed by atoms with Gasteiger partial charge in [0.2, 0.25) is 0 Å². The molecule has 0 saturated carbocycles. The van der Waals surface area contributed by atoms with Crippen LogP contribution in [-0.2, 0) is 11.2 Å². The maximum atomic E-state index is 13.0. The fourth-order valence-corrected chi connectivity index (χ4v) is 2.29. The molecule has 0 aliphatic heterocycles. The lowest BCUT2D eigenvalue weighted by atomic mass is 10.2. The fourth-order valence-electron chi connectivity index (χ4n) is 1.41. The number of nitrogens with zero attached hydrogens (tertiary/aromatic N) is 1. The van der Waals surface area contributed by atoms with Gasteiger partial charge in [0.05, 0.1) is 17.1 Å². The molecular weight excluding hydrogens is 307 g/mol. The molecule has 0 aliphatic carbocycles. The Morgan fingerprint density at radius 2 is 2.20 bits per heavy atom. The summed E-state index contributed by atoms with van der Waals surface area (Å²) in [6.07, 6.45) is -0.214. The second-order valence-electron chi connectivity index (χ2n) is 3.80. The summed E-state index contributed by atoms with van der Waals surface area (Å²) in [5.41, 5.74) is 0.543. The number of aliphatic carboxylic acids is 1. The van der Waals surface area contributed by atoms with Gasteiger partial charge in [0.15, 0.2) is 5.13 Å². The third-order valence-corrected chi connectivity index (χ3v) is 3.38.